The monoisotopic (exact) mass is 299 g/mol. The van der Waals surface area contributed by atoms with Crippen LogP contribution in [0.15, 0.2) is 42.6 Å². The average Bonchev–Trinajstić information content (AvgIpc) is 2.87. The summed E-state index contributed by atoms with van der Waals surface area (Å²) in [6, 6.07) is 12.0. The minimum atomic E-state index is -0.520. The van der Waals surface area contributed by atoms with E-state index in [1.807, 2.05) is 30.5 Å². The van der Waals surface area contributed by atoms with Crippen molar-refractivity contribution in [2.24, 2.45) is 0 Å². The van der Waals surface area contributed by atoms with Gasteiger partial charge in [0.05, 0.1) is 5.69 Å². The van der Waals surface area contributed by atoms with Crippen LogP contribution in [0.2, 0.25) is 5.02 Å². The second kappa shape index (κ2) is 5.47. The molecule has 1 heterocycles. The summed E-state index contributed by atoms with van der Waals surface area (Å²) in [4.78, 5) is 3.14. The van der Waals surface area contributed by atoms with Crippen LogP contribution in [0.25, 0.3) is 10.9 Å². The van der Waals surface area contributed by atoms with E-state index < -0.39 is 5.82 Å². The van der Waals surface area contributed by atoms with Crippen molar-refractivity contribution < 1.29 is 4.39 Å². The van der Waals surface area contributed by atoms with E-state index in [9.17, 15) is 4.39 Å². The van der Waals surface area contributed by atoms with Gasteiger partial charge in [0.25, 0.3) is 0 Å². The molecule has 0 aliphatic rings. The zero-order chi connectivity index (χ0) is 14.8. The van der Waals surface area contributed by atoms with E-state index in [-0.39, 0.29) is 5.56 Å². The first-order valence-corrected chi connectivity index (χ1v) is 6.75. The molecule has 0 aliphatic heterocycles. The molecule has 2 aromatic carbocycles. The molecule has 0 amide bonds. The van der Waals surface area contributed by atoms with Gasteiger partial charge >= 0.3 is 0 Å². The maximum atomic E-state index is 13.5. The topological polar surface area (TPSA) is 51.6 Å². The van der Waals surface area contributed by atoms with E-state index in [0.717, 1.165) is 16.5 Å². The Labute approximate surface area is 126 Å². The number of halogens is 2. The molecular weight excluding hydrogens is 289 g/mol. The molecule has 0 aliphatic carbocycles. The highest BCUT2D eigenvalue weighted by atomic mass is 35.5. The molecule has 0 radical (unpaired) electrons. The molecule has 1 aromatic heterocycles. The van der Waals surface area contributed by atoms with E-state index >= 15 is 0 Å². The highest BCUT2D eigenvalue weighted by Gasteiger charge is 2.09. The van der Waals surface area contributed by atoms with E-state index in [1.54, 1.807) is 12.1 Å². The van der Waals surface area contributed by atoms with Crippen molar-refractivity contribution in [1.82, 2.24) is 4.98 Å². The van der Waals surface area contributed by atoms with Gasteiger partial charge in [-0.2, -0.15) is 5.26 Å². The van der Waals surface area contributed by atoms with Gasteiger partial charge in [-0.25, -0.2) is 4.39 Å². The fourth-order valence-electron chi connectivity index (χ4n) is 2.28. The van der Waals surface area contributed by atoms with Crippen LogP contribution in [0.3, 0.4) is 0 Å². The van der Waals surface area contributed by atoms with Crippen molar-refractivity contribution in [3.8, 4) is 6.07 Å². The third-order valence-corrected chi connectivity index (χ3v) is 3.56. The molecule has 0 spiro atoms. The van der Waals surface area contributed by atoms with Crippen molar-refractivity contribution in [1.29, 1.82) is 5.26 Å². The van der Waals surface area contributed by atoms with Gasteiger partial charge in [0, 0.05) is 28.7 Å². The molecular formula is C16H11ClFN3. The van der Waals surface area contributed by atoms with Crippen molar-refractivity contribution in [2.45, 2.75) is 6.54 Å². The number of nitrogens with zero attached hydrogens (tertiary/aromatic N) is 1. The maximum absolute atomic E-state index is 13.5. The Morgan fingerprint density at radius 3 is 2.95 bits per heavy atom. The second-order valence-corrected chi connectivity index (χ2v) is 5.07. The summed E-state index contributed by atoms with van der Waals surface area (Å²) in [7, 11) is 0. The molecule has 21 heavy (non-hydrogen) atoms. The average molecular weight is 300 g/mol. The molecule has 0 saturated carbocycles. The minimum absolute atomic E-state index is 0.0281. The highest BCUT2D eigenvalue weighted by molar-refractivity contribution is 6.31. The van der Waals surface area contributed by atoms with Crippen molar-refractivity contribution >= 4 is 28.2 Å². The summed E-state index contributed by atoms with van der Waals surface area (Å²) < 4.78 is 13.5. The molecule has 0 bridgehead atoms. The van der Waals surface area contributed by atoms with Gasteiger partial charge < -0.3 is 10.3 Å². The molecule has 3 nitrogen and oxygen atoms in total. The van der Waals surface area contributed by atoms with Gasteiger partial charge in [0.1, 0.15) is 17.4 Å². The summed E-state index contributed by atoms with van der Waals surface area (Å²) >= 11 is 5.94. The smallest absolute Gasteiger partial charge is 0.143 e. The fourth-order valence-corrected chi connectivity index (χ4v) is 2.45. The van der Waals surface area contributed by atoms with Crippen LogP contribution in [0.5, 0.6) is 0 Å². The van der Waals surface area contributed by atoms with Crippen LogP contribution in [-0.2, 0) is 6.54 Å². The number of hydrogen-bond donors (Lipinski definition) is 2. The fraction of sp³-hybridized carbons (Fsp3) is 0.0625. The quantitative estimate of drug-likeness (QED) is 0.751. The summed E-state index contributed by atoms with van der Waals surface area (Å²) in [5, 5.41) is 13.8. The zero-order valence-electron chi connectivity index (χ0n) is 11.0. The molecule has 3 aromatic rings. The van der Waals surface area contributed by atoms with Gasteiger partial charge in [0.15, 0.2) is 0 Å². The van der Waals surface area contributed by atoms with Gasteiger partial charge in [0.2, 0.25) is 0 Å². The number of anilines is 1. The standard InChI is InChI=1S/C16H11ClFN3/c17-11-4-5-12-10(9-21-16(12)6-11)8-20-15-3-1-2-14(18)13(15)7-19/h1-6,9,20-21H,8H2. The molecule has 0 fully saturated rings. The number of nitriles is 1. The highest BCUT2D eigenvalue weighted by Crippen LogP contribution is 2.24. The maximum Gasteiger partial charge on any atom is 0.143 e. The lowest BCUT2D eigenvalue weighted by molar-refractivity contribution is 0.624. The van der Waals surface area contributed by atoms with E-state index in [2.05, 4.69) is 10.3 Å². The Balaban J connectivity index is 1.88. The number of fused-ring (bicyclic) bond motifs is 1. The van der Waals surface area contributed by atoms with Crippen molar-refractivity contribution in [3.05, 3.63) is 64.6 Å². The number of H-pyrrole nitrogens is 1. The van der Waals surface area contributed by atoms with E-state index in [1.165, 1.54) is 6.07 Å². The Morgan fingerprint density at radius 2 is 2.14 bits per heavy atom. The van der Waals surface area contributed by atoms with Crippen LogP contribution in [0.4, 0.5) is 10.1 Å². The van der Waals surface area contributed by atoms with Crippen LogP contribution in [-0.4, -0.2) is 4.98 Å². The largest absolute Gasteiger partial charge is 0.380 e. The van der Waals surface area contributed by atoms with Gasteiger partial charge in [-0.05, 0) is 29.8 Å². The van der Waals surface area contributed by atoms with Crippen LogP contribution in [0.1, 0.15) is 11.1 Å². The lowest BCUT2D eigenvalue weighted by atomic mass is 10.1. The predicted octanol–water partition coefficient (Wildman–Crippen LogP) is 4.44. The lowest BCUT2D eigenvalue weighted by Crippen LogP contribution is -2.02. The van der Waals surface area contributed by atoms with Crippen LogP contribution >= 0.6 is 11.6 Å². The Hall–Kier alpha value is -2.51. The lowest BCUT2D eigenvalue weighted by Gasteiger charge is -2.08. The number of rotatable bonds is 3. The molecule has 104 valence electrons. The summed E-state index contributed by atoms with van der Waals surface area (Å²) in [6.07, 6.45) is 1.87. The van der Waals surface area contributed by atoms with Gasteiger partial charge in [-0.1, -0.05) is 23.7 Å². The van der Waals surface area contributed by atoms with Crippen molar-refractivity contribution in [2.75, 3.05) is 5.32 Å². The molecule has 0 atom stereocenters. The Morgan fingerprint density at radius 1 is 1.29 bits per heavy atom. The van der Waals surface area contributed by atoms with Crippen LogP contribution in [0, 0.1) is 17.1 Å². The first-order valence-electron chi connectivity index (χ1n) is 6.37. The zero-order valence-corrected chi connectivity index (χ0v) is 11.7. The summed E-state index contributed by atoms with van der Waals surface area (Å²) in [5.74, 6) is -0.520. The van der Waals surface area contributed by atoms with Crippen molar-refractivity contribution in [3.63, 3.8) is 0 Å². The summed E-state index contributed by atoms with van der Waals surface area (Å²) in [5.41, 5.74) is 2.48. The molecule has 5 heteroatoms. The number of hydrogen-bond acceptors (Lipinski definition) is 2. The Kier molecular flexibility index (Phi) is 3.51. The number of aromatic nitrogens is 1. The van der Waals surface area contributed by atoms with Gasteiger partial charge in [-0.15, -0.1) is 0 Å². The van der Waals surface area contributed by atoms with Crippen LogP contribution < -0.4 is 5.32 Å². The third-order valence-electron chi connectivity index (χ3n) is 3.32. The minimum Gasteiger partial charge on any atom is -0.380 e. The molecule has 0 saturated heterocycles. The molecule has 2 N–H and O–H groups in total. The predicted molar refractivity (Wildman–Crippen MR) is 81.8 cm³/mol. The SMILES string of the molecule is N#Cc1c(F)cccc1NCc1c[nH]c2cc(Cl)ccc12. The Bertz CT molecular complexity index is 848. The van der Waals surface area contributed by atoms with E-state index in [4.69, 9.17) is 16.9 Å². The normalized spacial score (nSPS) is 10.5. The van der Waals surface area contributed by atoms with Gasteiger partial charge in [-0.3, -0.25) is 0 Å². The first-order chi connectivity index (χ1) is 10.2. The third kappa shape index (κ3) is 2.56. The number of nitrogens with one attached hydrogen (secondary N) is 2. The number of benzene rings is 2. The molecule has 3 rings (SSSR count). The molecule has 0 unspecified atom stereocenters. The summed E-state index contributed by atoms with van der Waals surface area (Å²) in [6.45, 7) is 0.486. The number of aromatic amines is 1. The first kappa shape index (κ1) is 13.5. The van der Waals surface area contributed by atoms with E-state index in [0.29, 0.717) is 17.3 Å². The second-order valence-electron chi connectivity index (χ2n) is 4.63.